The fourth-order valence-electron chi connectivity index (χ4n) is 2.31. The van der Waals surface area contributed by atoms with Crippen molar-refractivity contribution < 1.29 is 17.6 Å². The van der Waals surface area contributed by atoms with Gasteiger partial charge in [0.05, 0.1) is 10.6 Å². The molecular weight excluding hydrogens is 326 g/mol. The van der Waals surface area contributed by atoms with Crippen LogP contribution in [-0.2, 0) is 14.6 Å². The highest BCUT2D eigenvalue weighted by molar-refractivity contribution is 7.90. The molecule has 0 aliphatic rings. The Balaban J connectivity index is 1.79. The summed E-state index contributed by atoms with van der Waals surface area (Å²) in [6, 6.07) is 15.6. The first-order valence-corrected chi connectivity index (χ1v) is 9.09. The lowest BCUT2D eigenvalue weighted by atomic mass is 10.2. The van der Waals surface area contributed by atoms with Gasteiger partial charge >= 0.3 is 0 Å². The van der Waals surface area contributed by atoms with Gasteiger partial charge in [-0.25, -0.2) is 8.42 Å². The Labute approximate surface area is 139 Å². The number of fused-ring (bicyclic) bond motifs is 1. The van der Waals surface area contributed by atoms with E-state index in [1.807, 2.05) is 30.3 Å². The molecule has 24 heavy (non-hydrogen) atoms. The van der Waals surface area contributed by atoms with Gasteiger partial charge in [-0.3, -0.25) is 4.79 Å². The lowest BCUT2D eigenvalue weighted by molar-refractivity contribution is -0.111. The van der Waals surface area contributed by atoms with Crippen molar-refractivity contribution >= 4 is 38.5 Å². The number of sulfone groups is 1. The standard InChI is InChI=1S/C18H15NO4S/c1-24(21,22)17-9-5-3-7-15(17)19-18(20)11-10-14-12-13-6-2-4-8-16(13)23-14/h2-12H,1H3,(H,19,20)/b11-10+. The smallest absolute Gasteiger partial charge is 0.248 e. The molecule has 1 heterocycles. The molecule has 0 aliphatic carbocycles. The summed E-state index contributed by atoms with van der Waals surface area (Å²) in [5, 5.41) is 3.52. The minimum atomic E-state index is -3.42. The van der Waals surface area contributed by atoms with Crippen molar-refractivity contribution in [1.82, 2.24) is 0 Å². The summed E-state index contributed by atoms with van der Waals surface area (Å²) in [5.41, 5.74) is 0.985. The average molecular weight is 341 g/mol. The van der Waals surface area contributed by atoms with Crippen molar-refractivity contribution in [2.45, 2.75) is 4.90 Å². The normalized spacial score (nSPS) is 11.9. The number of benzene rings is 2. The van der Waals surface area contributed by atoms with E-state index in [-0.39, 0.29) is 10.6 Å². The number of furan rings is 1. The van der Waals surface area contributed by atoms with E-state index in [0.29, 0.717) is 5.76 Å². The van der Waals surface area contributed by atoms with Crippen LogP contribution < -0.4 is 5.32 Å². The first-order chi connectivity index (χ1) is 11.4. The Morgan fingerprint density at radius 1 is 1.08 bits per heavy atom. The molecule has 3 aromatic rings. The van der Waals surface area contributed by atoms with Crippen LogP contribution in [0.3, 0.4) is 0 Å². The van der Waals surface area contributed by atoms with Crippen LogP contribution in [0.15, 0.2) is 70.0 Å². The third kappa shape index (κ3) is 3.55. The van der Waals surface area contributed by atoms with Crippen molar-refractivity contribution in [2.75, 3.05) is 11.6 Å². The Morgan fingerprint density at radius 3 is 2.54 bits per heavy atom. The number of rotatable bonds is 4. The van der Waals surface area contributed by atoms with Crippen LogP contribution >= 0.6 is 0 Å². The first kappa shape index (κ1) is 16.0. The van der Waals surface area contributed by atoms with Crippen molar-refractivity contribution in [3.05, 3.63) is 66.4 Å². The van der Waals surface area contributed by atoms with E-state index in [0.717, 1.165) is 17.2 Å². The Kier molecular flexibility index (Phi) is 4.22. The van der Waals surface area contributed by atoms with E-state index in [4.69, 9.17) is 4.42 Å². The number of anilines is 1. The molecule has 1 aromatic heterocycles. The van der Waals surface area contributed by atoms with Crippen molar-refractivity contribution in [2.24, 2.45) is 0 Å². The molecule has 3 rings (SSSR count). The summed E-state index contributed by atoms with van der Waals surface area (Å²) in [6.07, 6.45) is 3.94. The quantitative estimate of drug-likeness (QED) is 0.737. The van der Waals surface area contributed by atoms with Gasteiger partial charge in [-0.1, -0.05) is 30.3 Å². The second-order valence-corrected chi connectivity index (χ2v) is 7.26. The maximum absolute atomic E-state index is 12.0. The second-order valence-electron chi connectivity index (χ2n) is 5.28. The Hall–Kier alpha value is -2.86. The predicted octanol–water partition coefficient (Wildman–Crippen LogP) is 3.49. The molecule has 0 bridgehead atoms. The third-order valence-corrected chi connectivity index (χ3v) is 4.54. The third-order valence-electron chi connectivity index (χ3n) is 3.39. The molecule has 1 amide bonds. The summed E-state index contributed by atoms with van der Waals surface area (Å²) in [6.45, 7) is 0. The zero-order chi connectivity index (χ0) is 17.2. The maximum atomic E-state index is 12.0. The summed E-state index contributed by atoms with van der Waals surface area (Å²) < 4.78 is 29.0. The van der Waals surface area contributed by atoms with E-state index in [9.17, 15) is 13.2 Å². The number of hydrogen-bond acceptors (Lipinski definition) is 4. The minimum Gasteiger partial charge on any atom is -0.457 e. The largest absolute Gasteiger partial charge is 0.457 e. The maximum Gasteiger partial charge on any atom is 0.248 e. The van der Waals surface area contributed by atoms with E-state index >= 15 is 0 Å². The van der Waals surface area contributed by atoms with Crippen LogP contribution in [0.1, 0.15) is 5.76 Å². The lowest BCUT2D eigenvalue weighted by Gasteiger charge is -2.07. The predicted molar refractivity (Wildman–Crippen MR) is 93.4 cm³/mol. The van der Waals surface area contributed by atoms with E-state index in [2.05, 4.69) is 5.32 Å². The van der Waals surface area contributed by atoms with Gasteiger partial charge in [-0.15, -0.1) is 0 Å². The molecule has 1 N–H and O–H groups in total. The van der Waals surface area contributed by atoms with Gasteiger partial charge in [0, 0.05) is 17.7 Å². The number of hydrogen-bond donors (Lipinski definition) is 1. The fourth-order valence-corrected chi connectivity index (χ4v) is 3.15. The molecule has 6 heteroatoms. The Bertz CT molecular complexity index is 999. The van der Waals surface area contributed by atoms with E-state index < -0.39 is 15.7 Å². The highest BCUT2D eigenvalue weighted by Gasteiger charge is 2.13. The van der Waals surface area contributed by atoms with Crippen molar-refractivity contribution in [3.63, 3.8) is 0 Å². The van der Waals surface area contributed by atoms with Gasteiger partial charge in [0.25, 0.3) is 0 Å². The van der Waals surface area contributed by atoms with Crippen LogP contribution in [-0.4, -0.2) is 20.6 Å². The van der Waals surface area contributed by atoms with E-state index in [1.165, 1.54) is 12.1 Å². The minimum absolute atomic E-state index is 0.0792. The molecule has 122 valence electrons. The van der Waals surface area contributed by atoms with Crippen LogP contribution in [0, 0.1) is 0 Å². The van der Waals surface area contributed by atoms with Gasteiger partial charge < -0.3 is 9.73 Å². The summed E-state index contributed by atoms with van der Waals surface area (Å²) >= 11 is 0. The molecule has 0 saturated carbocycles. The molecule has 0 atom stereocenters. The number of carbonyl (C=O) groups is 1. The average Bonchev–Trinajstić information content (AvgIpc) is 2.95. The van der Waals surface area contributed by atoms with E-state index in [1.54, 1.807) is 24.3 Å². The topological polar surface area (TPSA) is 76.4 Å². The van der Waals surface area contributed by atoms with Gasteiger partial charge in [-0.2, -0.15) is 0 Å². The molecular formula is C18H15NO4S. The molecule has 2 aromatic carbocycles. The highest BCUT2D eigenvalue weighted by Crippen LogP contribution is 2.21. The van der Waals surface area contributed by atoms with Gasteiger partial charge in [-0.05, 0) is 30.3 Å². The Morgan fingerprint density at radius 2 is 1.79 bits per heavy atom. The number of carbonyl (C=O) groups excluding carboxylic acids is 1. The SMILES string of the molecule is CS(=O)(=O)c1ccccc1NC(=O)/C=C/c1cc2ccccc2o1. The van der Waals surface area contributed by atoms with Crippen molar-refractivity contribution in [1.29, 1.82) is 0 Å². The monoisotopic (exact) mass is 341 g/mol. The lowest BCUT2D eigenvalue weighted by Crippen LogP contribution is -2.11. The van der Waals surface area contributed by atoms with Crippen LogP contribution in [0.4, 0.5) is 5.69 Å². The number of amides is 1. The number of nitrogens with one attached hydrogen (secondary N) is 1. The molecule has 0 spiro atoms. The fraction of sp³-hybridized carbons (Fsp3) is 0.0556. The molecule has 0 radical (unpaired) electrons. The summed E-state index contributed by atoms with van der Waals surface area (Å²) in [7, 11) is -3.42. The van der Waals surface area contributed by atoms with Crippen molar-refractivity contribution in [3.8, 4) is 0 Å². The molecule has 5 nitrogen and oxygen atoms in total. The van der Waals surface area contributed by atoms with Crippen LogP contribution in [0.5, 0.6) is 0 Å². The molecule has 0 unspecified atom stereocenters. The zero-order valence-corrected chi connectivity index (χ0v) is 13.7. The summed E-state index contributed by atoms with van der Waals surface area (Å²) in [4.78, 5) is 12.1. The number of para-hydroxylation sites is 2. The highest BCUT2D eigenvalue weighted by atomic mass is 32.2. The molecule has 0 fully saturated rings. The van der Waals surface area contributed by atoms with Gasteiger partial charge in [0.15, 0.2) is 9.84 Å². The van der Waals surface area contributed by atoms with Crippen LogP contribution in [0.25, 0.3) is 17.0 Å². The van der Waals surface area contributed by atoms with Gasteiger partial charge in [0.1, 0.15) is 11.3 Å². The summed E-state index contributed by atoms with van der Waals surface area (Å²) in [5.74, 6) is 0.106. The van der Waals surface area contributed by atoms with Crippen LogP contribution in [0.2, 0.25) is 0 Å². The molecule has 0 aliphatic heterocycles. The zero-order valence-electron chi connectivity index (χ0n) is 12.9. The second kappa shape index (κ2) is 6.33. The van der Waals surface area contributed by atoms with Gasteiger partial charge in [0.2, 0.25) is 5.91 Å². The first-order valence-electron chi connectivity index (χ1n) is 7.20. The molecule has 0 saturated heterocycles.